The molecule has 3 aromatic rings. The first-order chi connectivity index (χ1) is 17.5. The number of amides is 1. The second kappa shape index (κ2) is 9.27. The highest BCUT2D eigenvalue weighted by molar-refractivity contribution is 6.03. The topological polar surface area (TPSA) is 51.5 Å². The first-order valence-corrected chi connectivity index (χ1v) is 13.4. The third-order valence-electron chi connectivity index (χ3n) is 8.40. The van der Waals surface area contributed by atoms with Crippen molar-refractivity contribution in [2.24, 2.45) is 5.92 Å². The van der Waals surface area contributed by atoms with Crippen LogP contribution in [0.25, 0.3) is 28.2 Å². The molecule has 1 atom stereocenters. The van der Waals surface area contributed by atoms with Crippen LogP contribution >= 0.6 is 0 Å². The van der Waals surface area contributed by atoms with Gasteiger partial charge in [-0.05, 0) is 60.4 Å². The van der Waals surface area contributed by atoms with Crippen LogP contribution in [0.4, 0.5) is 0 Å². The molecule has 0 bridgehead atoms. The second-order valence-corrected chi connectivity index (χ2v) is 10.8. The number of hydrogen-bond acceptors (Lipinski definition) is 3. The number of aromatic nitrogens is 1. The predicted octanol–water partition coefficient (Wildman–Crippen LogP) is 6.41. The van der Waals surface area contributed by atoms with E-state index in [1.54, 1.807) is 0 Å². The SMILES string of the molecule is COC(=O)c1ccc2c(C3CCCCC3)c3n(c2c1)CC(C(=O)N1CC[C@H](C)C1)=Cc1ccccc1-3. The minimum Gasteiger partial charge on any atom is -0.465 e. The predicted molar refractivity (Wildman–Crippen MR) is 143 cm³/mol. The van der Waals surface area contributed by atoms with E-state index in [1.165, 1.54) is 61.4 Å². The average molecular weight is 483 g/mol. The van der Waals surface area contributed by atoms with Gasteiger partial charge >= 0.3 is 5.97 Å². The largest absolute Gasteiger partial charge is 0.465 e. The Morgan fingerprint density at radius 3 is 2.56 bits per heavy atom. The zero-order chi connectivity index (χ0) is 24.8. The fourth-order valence-electron chi connectivity index (χ4n) is 6.57. The van der Waals surface area contributed by atoms with E-state index in [1.807, 2.05) is 17.0 Å². The lowest BCUT2D eigenvalue weighted by Crippen LogP contribution is -2.31. The molecule has 0 radical (unpaired) electrons. The Kier molecular flexibility index (Phi) is 5.94. The van der Waals surface area contributed by atoms with Crippen LogP contribution in [0.1, 0.15) is 72.9 Å². The van der Waals surface area contributed by atoms with Gasteiger partial charge in [0.25, 0.3) is 5.91 Å². The van der Waals surface area contributed by atoms with Crippen molar-refractivity contribution in [1.29, 1.82) is 0 Å². The normalized spacial score (nSPS) is 20.0. The number of carbonyl (C=O) groups excluding carboxylic acids is 2. The van der Waals surface area contributed by atoms with Gasteiger partial charge < -0.3 is 14.2 Å². The van der Waals surface area contributed by atoms with Crippen molar-refractivity contribution in [2.45, 2.75) is 57.9 Å². The quantitative estimate of drug-likeness (QED) is 0.406. The molecule has 36 heavy (non-hydrogen) atoms. The van der Waals surface area contributed by atoms with Gasteiger partial charge in [0, 0.05) is 35.1 Å². The number of carbonyl (C=O) groups is 2. The summed E-state index contributed by atoms with van der Waals surface area (Å²) < 4.78 is 7.36. The van der Waals surface area contributed by atoms with Crippen molar-refractivity contribution >= 4 is 28.9 Å². The maximum Gasteiger partial charge on any atom is 0.337 e. The lowest BCUT2D eigenvalue weighted by Gasteiger charge is -2.24. The van der Waals surface area contributed by atoms with Gasteiger partial charge in [0.1, 0.15) is 0 Å². The fraction of sp³-hybridized carbons (Fsp3) is 0.419. The van der Waals surface area contributed by atoms with Crippen LogP contribution in [0.5, 0.6) is 0 Å². The van der Waals surface area contributed by atoms with E-state index in [9.17, 15) is 9.59 Å². The number of rotatable bonds is 3. The molecular weight excluding hydrogens is 448 g/mol. The van der Waals surface area contributed by atoms with E-state index in [0.717, 1.165) is 36.2 Å². The van der Waals surface area contributed by atoms with Gasteiger partial charge in [0.15, 0.2) is 0 Å². The summed E-state index contributed by atoms with van der Waals surface area (Å²) in [7, 11) is 1.42. The van der Waals surface area contributed by atoms with Crippen molar-refractivity contribution in [3.8, 4) is 11.3 Å². The first kappa shape index (κ1) is 23.1. The highest BCUT2D eigenvalue weighted by atomic mass is 16.5. The molecule has 5 heteroatoms. The van der Waals surface area contributed by atoms with E-state index in [4.69, 9.17) is 4.74 Å². The van der Waals surface area contributed by atoms with Gasteiger partial charge in [0.2, 0.25) is 0 Å². The summed E-state index contributed by atoms with van der Waals surface area (Å²) in [6.45, 7) is 4.35. The molecule has 1 amide bonds. The van der Waals surface area contributed by atoms with E-state index < -0.39 is 0 Å². The lowest BCUT2D eigenvalue weighted by atomic mass is 9.81. The minimum absolute atomic E-state index is 0.132. The summed E-state index contributed by atoms with van der Waals surface area (Å²) in [5.41, 5.74) is 7.23. The van der Waals surface area contributed by atoms with Crippen LogP contribution in [0.3, 0.4) is 0 Å². The van der Waals surface area contributed by atoms with Gasteiger partial charge in [-0.1, -0.05) is 56.5 Å². The van der Waals surface area contributed by atoms with Crippen molar-refractivity contribution in [1.82, 2.24) is 9.47 Å². The van der Waals surface area contributed by atoms with E-state index in [0.29, 0.717) is 23.9 Å². The highest BCUT2D eigenvalue weighted by Crippen LogP contribution is 2.46. The Morgan fingerprint density at radius 2 is 1.81 bits per heavy atom. The van der Waals surface area contributed by atoms with Gasteiger partial charge in [-0.25, -0.2) is 4.79 Å². The molecule has 186 valence electrons. The van der Waals surface area contributed by atoms with Crippen LogP contribution in [-0.4, -0.2) is 41.5 Å². The zero-order valence-electron chi connectivity index (χ0n) is 21.3. The molecular formula is C31H34N2O3. The Morgan fingerprint density at radius 1 is 1.00 bits per heavy atom. The molecule has 0 N–H and O–H groups in total. The average Bonchev–Trinajstić information content (AvgIpc) is 3.43. The molecule has 2 fully saturated rings. The fourth-order valence-corrected chi connectivity index (χ4v) is 6.57. The summed E-state index contributed by atoms with van der Waals surface area (Å²) in [6, 6.07) is 14.4. The summed E-state index contributed by atoms with van der Waals surface area (Å²) >= 11 is 0. The van der Waals surface area contributed by atoms with Gasteiger partial charge in [-0.3, -0.25) is 4.79 Å². The highest BCUT2D eigenvalue weighted by Gasteiger charge is 2.32. The Labute approximate surface area is 212 Å². The maximum absolute atomic E-state index is 13.8. The third-order valence-corrected chi connectivity index (χ3v) is 8.40. The van der Waals surface area contributed by atoms with Crippen molar-refractivity contribution in [3.63, 3.8) is 0 Å². The van der Waals surface area contributed by atoms with E-state index in [2.05, 4.69) is 47.9 Å². The second-order valence-electron chi connectivity index (χ2n) is 10.8. The number of likely N-dealkylation sites (tertiary alicyclic amines) is 1. The number of nitrogens with zero attached hydrogens (tertiary/aromatic N) is 2. The summed E-state index contributed by atoms with van der Waals surface area (Å²) in [6.07, 6.45) is 9.30. The van der Waals surface area contributed by atoms with Crippen LogP contribution in [-0.2, 0) is 16.1 Å². The molecule has 2 aliphatic heterocycles. The van der Waals surface area contributed by atoms with E-state index >= 15 is 0 Å². The standard InChI is InChI=1S/C31H34N2O3/c1-20-14-15-32(18-20)30(34)24-16-22-10-6-7-11-25(22)29-28(21-8-4-3-5-9-21)26-13-12-23(31(35)36-2)17-27(26)33(29)19-24/h6-7,10-13,16-17,20-21H,3-5,8-9,14-15,18-19H2,1-2H3/t20-/m0/s1. The number of hydrogen-bond donors (Lipinski definition) is 0. The zero-order valence-corrected chi connectivity index (χ0v) is 21.3. The molecule has 0 unspecified atom stereocenters. The number of ether oxygens (including phenoxy) is 1. The number of methoxy groups -OCH3 is 1. The Hall–Kier alpha value is -3.34. The van der Waals surface area contributed by atoms with Crippen LogP contribution in [0, 0.1) is 5.92 Å². The van der Waals surface area contributed by atoms with Gasteiger partial charge in [-0.15, -0.1) is 0 Å². The molecule has 1 saturated heterocycles. The lowest BCUT2D eigenvalue weighted by molar-refractivity contribution is -0.126. The van der Waals surface area contributed by atoms with Crippen molar-refractivity contribution < 1.29 is 14.3 Å². The Balaban J connectivity index is 1.58. The maximum atomic E-state index is 13.8. The molecule has 0 spiro atoms. The van der Waals surface area contributed by atoms with E-state index in [-0.39, 0.29) is 11.9 Å². The summed E-state index contributed by atoms with van der Waals surface area (Å²) in [5.74, 6) is 0.813. The molecule has 3 heterocycles. The number of benzene rings is 2. The molecule has 2 aromatic carbocycles. The van der Waals surface area contributed by atoms with Gasteiger partial charge in [0.05, 0.1) is 24.9 Å². The molecule has 5 nitrogen and oxygen atoms in total. The molecule has 3 aliphatic rings. The van der Waals surface area contributed by atoms with Crippen molar-refractivity contribution in [2.75, 3.05) is 20.2 Å². The summed E-state index contributed by atoms with van der Waals surface area (Å²) in [4.78, 5) is 28.2. The molecule has 1 saturated carbocycles. The summed E-state index contributed by atoms with van der Waals surface area (Å²) in [5, 5.41) is 1.20. The Bertz CT molecular complexity index is 1380. The monoisotopic (exact) mass is 482 g/mol. The first-order valence-electron chi connectivity index (χ1n) is 13.4. The number of fused-ring (bicyclic) bond motifs is 5. The number of esters is 1. The van der Waals surface area contributed by atoms with Crippen LogP contribution < -0.4 is 0 Å². The third kappa shape index (κ3) is 3.85. The van der Waals surface area contributed by atoms with Gasteiger partial charge in [-0.2, -0.15) is 0 Å². The molecule has 6 rings (SSSR count). The molecule has 1 aromatic heterocycles. The van der Waals surface area contributed by atoms with Crippen LogP contribution in [0.15, 0.2) is 48.0 Å². The molecule has 1 aliphatic carbocycles. The van der Waals surface area contributed by atoms with Crippen molar-refractivity contribution in [3.05, 3.63) is 64.7 Å². The minimum atomic E-state index is -0.335. The van der Waals surface area contributed by atoms with Crippen LogP contribution in [0.2, 0.25) is 0 Å². The smallest absolute Gasteiger partial charge is 0.337 e.